The van der Waals surface area contributed by atoms with Crippen molar-refractivity contribution in [3.8, 4) is 16.9 Å². The van der Waals surface area contributed by atoms with Gasteiger partial charge < -0.3 is 30.1 Å². The molecule has 0 heterocycles. The molecule has 0 aliphatic heterocycles. The number of benzene rings is 3. The minimum absolute atomic E-state index is 0.0591. The van der Waals surface area contributed by atoms with Gasteiger partial charge in [0.2, 0.25) is 0 Å². The van der Waals surface area contributed by atoms with Gasteiger partial charge in [0.05, 0.1) is 13.7 Å². The molecule has 1 aliphatic rings. The van der Waals surface area contributed by atoms with Gasteiger partial charge in [-0.15, -0.1) is 0 Å². The van der Waals surface area contributed by atoms with Gasteiger partial charge in [-0.3, -0.25) is 0 Å². The highest BCUT2D eigenvalue weighted by Gasteiger charge is 2.29. The predicted octanol–water partition coefficient (Wildman–Crippen LogP) is 3.12. The van der Waals surface area contributed by atoms with E-state index in [1.165, 1.54) is 7.11 Å². The van der Waals surface area contributed by atoms with Crippen LogP contribution in [0.1, 0.15) is 34.3 Å². The highest BCUT2D eigenvalue weighted by Crippen LogP contribution is 2.44. The molecule has 0 spiro atoms. The molecule has 2 unspecified atom stereocenters. The molecule has 7 heteroatoms. The Labute approximate surface area is 192 Å². The highest BCUT2D eigenvalue weighted by atomic mass is 16.5. The fourth-order valence-corrected chi connectivity index (χ4v) is 4.25. The summed E-state index contributed by atoms with van der Waals surface area (Å²) in [6.07, 6.45) is -3.17. The normalized spacial score (nSPS) is 14.2. The summed E-state index contributed by atoms with van der Waals surface area (Å²) < 4.78 is 10.6. The number of aliphatic hydroxyl groups excluding tert-OH is 3. The summed E-state index contributed by atoms with van der Waals surface area (Å²) in [5.41, 5.74) is 5.49. The van der Waals surface area contributed by atoms with E-state index in [4.69, 9.17) is 9.47 Å². The van der Waals surface area contributed by atoms with Crippen LogP contribution in [0.2, 0.25) is 0 Å². The van der Waals surface area contributed by atoms with Crippen molar-refractivity contribution in [2.24, 2.45) is 0 Å². The summed E-state index contributed by atoms with van der Waals surface area (Å²) in [5, 5.41) is 32.6. The van der Waals surface area contributed by atoms with E-state index >= 15 is 0 Å². The zero-order valence-electron chi connectivity index (χ0n) is 18.3. The number of alkyl carbamates (subject to hydrolysis) is 1. The number of ether oxygens (including phenoxy) is 2. The number of amides is 1. The second kappa shape index (κ2) is 10.0. The van der Waals surface area contributed by atoms with Crippen LogP contribution < -0.4 is 10.1 Å². The Morgan fingerprint density at radius 1 is 1.00 bits per heavy atom. The number of fused-ring (bicyclic) bond motifs is 3. The first kappa shape index (κ1) is 22.8. The molecule has 0 saturated heterocycles. The smallest absolute Gasteiger partial charge is 0.407 e. The Bertz CT molecular complexity index is 1090. The lowest BCUT2D eigenvalue weighted by Crippen LogP contribution is -2.36. The topological polar surface area (TPSA) is 108 Å². The molecule has 7 nitrogen and oxygen atoms in total. The Hall–Kier alpha value is -3.39. The molecule has 33 heavy (non-hydrogen) atoms. The summed E-state index contributed by atoms with van der Waals surface area (Å²) in [5.74, 6) is 0.349. The molecule has 0 fully saturated rings. The van der Waals surface area contributed by atoms with Crippen molar-refractivity contribution in [2.45, 2.75) is 24.7 Å². The molecule has 0 aromatic heterocycles. The third-order valence-electron chi connectivity index (χ3n) is 5.99. The second-order valence-electron chi connectivity index (χ2n) is 7.95. The van der Waals surface area contributed by atoms with Crippen LogP contribution in [0.15, 0.2) is 66.7 Å². The monoisotopic (exact) mass is 449 g/mol. The van der Waals surface area contributed by atoms with Crippen molar-refractivity contribution in [2.75, 3.05) is 20.3 Å². The van der Waals surface area contributed by atoms with Gasteiger partial charge >= 0.3 is 6.09 Å². The van der Waals surface area contributed by atoms with Crippen molar-refractivity contribution in [1.29, 1.82) is 0 Å². The first-order valence-electron chi connectivity index (χ1n) is 10.8. The summed E-state index contributed by atoms with van der Waals surface area (Å²) >= 11 is 0. The van der Waals surface area contributed by atoms with Crippen LogP contribution in [-0.4, -0.2) is 47.8 Å². The van der Waals surface area contributed by atoms with E-state index in [1.54, 1.807) is 18.2 Å². The average molecular weight is 450 g/mol. The van der Waals surface area contributed by atoms with E-state index in [0.29, 0.717) is 16.9 Å². The van der Waals surface area contributed by atoms with Crippen molar-refractivity contribution < 1.29 is 29.6 Å². The maximum atomic E-state index is 12.3. The molecule has 1 amide bonds. The molecule has 172 valence electrons. The SMILES string of the molecule is COc1cc(C(O)C(O)CNC(=O)OCC2c3ccccc3-c3ccccc32)ccc1CO. The maximum Gasteiger partial charge on any atom is 0.407 e. The molecule has 1 aliphatic carbocycles. The third kappa shape index (κ3) is 4.71. The Kier molecular flexibility index (Phi) is 6.93. The summed E-state index contributed by atoms with van der Waals surface area (Å²) in [6.45, 7) is -0.230. The number of rotatable bonds is 8. The number of nitrogens with one attached hydrogen (secondary N) is 1. The standard InChI is InChI=1S/C26H27NO6/c1-32-24-12-16(10-11-17(24)14-28)25(30)23(29)13-27-26(31)33-15-22-20-8-4-2-6-18(20)19-7-3-5-9-21(19)22/h2-12,22-23,25,28-30H,13-15H2,1H3,(H,27,31). The van der Waals surface area contributed by atoms with Crippen LogP contribution in [0.4, 0.5) is 4.79 Å². The van der Waals surface area contributed by atoms with E-state index in [2.05, 4.69) is 17.4 Å². The average Bonchev–Trinajstić information content (AvgIpc) is 3.18. The zero-order chi connectivity index (χ0) is 23.4. The number of aliphatic hydroxyl groups is 3. The highest BCUT2D eigenvalue weighted by molar-refractivity contribution is 5.79. The number of methoxy groups -OCH3 is 1. The molecule has 4 rings (SSSR count). The fourth-order valence-electron chi connectivity index (χ4n) is 4.25. The first-order chi connectivity index (χ1) is 16.0. The van der Waals surface area contributed by atoms with Crippen LogP contribution in [-0.2, 0) is 11.3 Å². The van der Waals surface area contributed by atoms with E-state index < -0.39 is 18.3 Å². The largest absolute Gasteiger partial charge is 0.496 e. The molecule has 2 atom stereocenters. The van der Waals surface area contributed by atoms with Gasteiger partial charge in [0.1, 0.15) is 24.6 Å². The van der Waals surface area contributed by atoms with Gasteiger partial charge in [-0.25, -0.2) is 4.79 Å². The second-order valence-corrected chi connectivity index (χ2v) is 7.95. The lowest BCUT2D eigenvalue weighted by molar-refractivity contribution is 0.0184. The van der Waals surface area contributed by atoms with E-state index in [0.717, 1.165) is 22.3 Å². The van der Waals surface area contributed by atoms with Gasteiger partial charge in [-0.2, -0.15) is 0 Å². The van der Waals surface area contributed by atoms with Gasteiger partial charge in [-0.1, -0.05) is 60.7 Å². The van der Waals surface area contributed by atoms with Crippen LogP contribution >= 0.6 is 0 Å². The molecule has 4 N–H and O–H groups in total. The summed E-state index contributed by atoms with van der Waals surface area (Å²) in [4.78, 5) is 12.3. The number of carbonyl (C=O) groups excluding carboxylic acids is 1. The quantitative estimate of drug-likeness (QED) is 0.421. The first-order valence-corrected chi connectivity index (χ1v) is 10.8. The number of hydrogen-bond acceptors (Lipinski definition) is 6. The lowest BCUT2D eigenvalue weighted by atomic mass is 9.98. The molecule has 3 aromatic carbocycles. The molecule has 0 saturated carbocycles. The van der Waals surface area contributed by atoms with Gasteiger partial charge in [-0.05, 0) is 33.9 Å². The van der Waals surface area contributed by atoms with Crippen LogP contribution in [0.25, 0.3) is 11.1 Å². The lowest BCUT2D eigenvalue weighted by Gasteiger charge is -2.20. The van der Waals surface area contributed by atoms with E-state index in [1.807, 2.05) is 36.4 Å². The number of carbonyl (C=O) groups is 1. The van der Waals surface area contributed by atoms with Crippen molar-refractivity contribution in [1.82, 2.24) is 5.32 Å². The molecule has 0 radical (unpaired) electrons. The van der Waals surface area contributed by atoms with Gasteiger partial charge in [0, 0.05) is 18.0 Å². The Balaban J connectivity index is 1.34. The van der Waals surface area contributed by atoms with Crippen molar-refractivity contribution >= 4 is 6.09 Å². The van der Waals surface area contributed by atoms with E-state index in [-0.39, 0.29) is 25.7 Å². The minimum atomic E-state index is -1.25. The molecular weight excluding hydrogens is 422 g/mol. The fraction of sp³-hybridized carbons (Fsp3) is 0.269. The molecule has 0 bridgehead atoms. The van der Waals surface area contributed by atoms with E-state index in [9.17, 15) is 20.1 Å². The van der Waals surface area contributed by atoms with Crippen molar-refractivity contribution in [3.05, 3.63) is 89.0 Å². The Morgan fingerprint density at radius 2 is 1.64 bits per heavy atom. The van der Waals surface area contributed by atoms with Crippen LogP contribution in [0.5, 0.6) is 5.75 Å². The van der Waals surface area contributed by atoms with Gasteiger partial charge in [0.15, 0.2) is 0 Å². The van der Waals surface area contributed by atoms with Crippen molar-refractivity contribution in [3.63, 3.8) is 0 Å². The molecular formula is C26H27NO6. The minimum Gasteiger partial charge on any atom is -0.496 e. The third-order valence-corrected chi connectivity index (χ3v) is 5.99. The summed E-state index contributed by atoms with van der Waals surface area (Å²) in [6, 6.07) is 20.9. The zero-order valence-corrected chi connectivity index (χ0v) is 18.3. The summed E-state index contributed by atoms with van der Waals surface area (Å²) in [7, 11) is 1.46. The van der Waals surface area contributed by atoms with Crippen LogP contribution in [0, 0.1) is 0 Å². The Morgan fingerprint density at radius 3 is 2.24 bits per heavy atom. The predicted molar refractivity (Wildman–Crippen MR) is 123 cm³/mol. The maximum absolute atomic E-state index is 12.3. The molecule has 3 aromatic rings. The van der Waals surface area contributed by atoms with Gasteiger partial charge in [0.25, 0.3) is 0 Å². The number of hydrogen-bond donors (Lipinski definition) is 4. The van der Waals surface area contributed by atoms with Crippen LogP contribution in [0.3, 0.4) is 0 Å².